The molecule has 2 aliphatic rings. The Labute approximate surface area is 236 Å². The Balaban J connectivity index is 1.37. The van der Waals surface area contributed by atoms with Gasteiger partial charge >= 0.3 is 0 Å². The van der Waals surface area contributed by atoms with Crippen LogP contribution in [0.4, 0.5) is 0 Å². The lowest BCUT2D eigenvalue weighted by Gasteiger charge is -2.31. The highest BCUT2D eigenvalue weighted by atomic mass is 32.1. The van der Waals surface area contributed by atoms with E-state index in [-0.39, 0.29) is 11.4 Å². The summed E-state index contributed by atoms with van der Waals surface area (Å²) in [4.78, 5) is 37.4. The lowest BCUT2D eigenvalue weighted by Crippen LogP contribution is -2.43. The van der Waals surface area contributed by atoms with Crippen LogP contribution in [0.5, 0.6) is 5.75 Å². The molecule has 40 heavy (non-hydrogen) atoms. The number of aliphatic hydroxyl groups excluding tert-OH is 1. The van der Waals surface area contributed by atoms with Crippen LogP contribution < -0.4 is 4.74 Å². The number of ether oxygens (including phenoxy) is 2. The average molecular weight is 561 g/mol. The van der Waals surface area contributed by atoms with E-state index in [1.54, 1.807) is 4.90 Å². The predicted molar refractivity (Wildman–Crippen MR) is 153 cm³/mol. The van der Waals surface area contributed by atoms with Gasteiger partial charge < -0.3 is 19.5 Å². The number of fused-ring (bicyclic) bond motifs is 3. The zero-order chi connectivity index (χ0) is 27.8. The molecule has 0 aliphatic carbocycles. The lowest BCUT2D eigenvalue weighted by molar-refractivity contribution is -0.129. The third-order valence-corrected chi connectivity index (χ3v) is 8.71. The van der Waals surface area contributed by atoms with E-state index in [0.717, 1.165) is 47.6 Å². The molecule has 1 N–H and O–H groups in total. The normalized spacial score (nSPS) is 18.4. The number of carbonyl (C=O) groups is 2. The third-order valence-electron chi connectivity index (χ3n) is 7.57. The summed E-state index contributed by atoms with van der Waals surface area (Å²) in [5.41, 5.74) is 3.35. The highest BCUT2D eigenvalue weighted by Gasteiger charge is 2.44. The van der Waals surface area contributed by atoms with Gasteiger partial charge in [0.25, 0.3) is 5.91 Å². The van der Waals surface area contributed by atoms with Crippen LogP contribution in [0.2, 0.25) is 0 Å². The Kier molecular flexibility index (Phi) is 7.31. The monoisotopic (exact) mass is 560 g/mol. The molecule has 1 unspecified atom stereocenters. The number of benzene rings is 2. The Hall–Kier alpha value is -3.73. The molecule has 1 saturated heterocycles. The lowest BCUT2D eigenvalue weighted by atomic mass is 9.95. The van der Waals surface area contributed by atoms with Crippen LogP contribution in [0.25, 0.3) is 16.0 Å². The molecule has 10 heteroatoms. The molecule has 0 saturated carbocycles. The van der Waals surface area contributed by atoms with Gasteiger partial charge in [0.05, 0.1) is 47.3 Å². The van der Waals surface area contributed by atoms with Crippen molar-refractivity contribution in [3.05, 3.63) is 76.0 Å². The summed E-state index contributed by atoms with van der Waals surface area (Å²) in [6.07, 6.45) is 0.891. The number of nitrogens with zero attached hydrogens (tertiary/aromatic N) is 4. The number of hydrogen-bond donors (Lipinski definition) is 1. The van der Waals surface area contributed by atoms with Gasteiger partial charge in [-0.3, -0.25) is 18.9 Å². The van der Waals surface area contributed by atoms with Gasteiger partial charge in [-0.2, -0.15) is 0 Å². The maximum absolute atomic E-state index is 14.2. The molecule has 4 aromatic rings. The number of imidazole rings is 1. The smallest absolute Gasteiger partial charge is 0.290 e. The predicted octanol–water partition coefficient (Wildman–Crippen LogP) is 4.56. The molecule has 2 aromatic heterocycles. The van der Waals surface area contributed by atoms with Crippen molar-refractivity contribution >= 4 is 39.0 Å². The van der Waals surface area contributed by atoms with Crippen LogP contribution in [-0.4, -0.2) is 82.0 Å². The maximum Gasteiger partial charge on any atom is 0.290 e. The Morgan fingerprint density at radius 3 is 2.62 bits per heavy atom. The molecule has 2 aromatic carbocycles. The summed E-state index contributed by atoms with van der Waals surface area (Å²) < 4.78 is 13.2. The first-order valence-electron chi connectivity index (χ1n) is 13.7. The van der Waals surface area contributed by atoms with Crippen LogP contribution in [0.3, 0.4) is 0 Å². The number of aromatic nitrogens is 2. The number of hydrogen-bond acceptors (Lipinski definition) is 8. The van der Waals surface area contributed by atoms with Gasteiger partial charge in [-0.05, 0) is 43.2 Å². The summed E-state index contributed by atoms with van der Waals surface area (Å²) >= 11 is 1.28. The third kappa shape index (κ3) is 4.66. The number of carbonyl (C=O) groups excluding carboxylic acids is 2. The maximum atomic E-state index is 14.2. The molecule has 2 aliphatic heterocycles. The van der Waals surface area contributed by atoms with Gasteiger partial charge in [-0.1, -0.05) is 42.5 Å². The zero-order valence-electron chi connectivity index (χ0n) is 22.6. The highest BCUT2D eigenvalue weighted by Crippen LogP contribution is 2.41. The van der Waals surface area contributed by atoms with E-state index in [1.807, 2.05) is 66.8 Å². The van der Waals surface area contributed by atoms with Gasteiger partial charge in [-0.15, -0.1) is 0 Å². The Bertz CT molecular complexity index is 1600. The number of ketones is 1. The SMILES string of the molecule is CCCOc1ccc(C2C(C(=O)c3sc4nc5ccccc5n4c3C)=C(O)C(=O)N2CCN2CCOCC2)cc1. The fourth-order valence-electron chi connectivity index (χ4n) is 5.50. The van der Waals surface area contributed by atoms with Crippen molar-refractivity contribution in [1.82, 2.24) is 19.2 Å². The molecule has 0 bridgehead atoms. The quantitative estimate of drug-likeness (QED) is 0.300. The second-order valence-electron chi connectivity index (χ2n) is 10.1. The molecule has 9 nitrogen and oxygen atoms in total. The summed E-state index contributed by atoms with van der Waals surface area (Å²) in [5, 5.41) is 11.2. The minimum Gasteiger partial charge on any atom is -0.503 e. The molecule has 208 valence electrons. The first-order valence-corrected chi connectivity index (χ1v) is 14.5. The molecule has 1 fully saturated rings. The van der Waals surface area contributed by atoms with Gasteiger partial charge in [0.1, 0.15) is 5.75 Å². The van der Waals surface area contributed by atoms with Crippen LogP contribution >= 0.6 is 11.3 Å². The fraction of sp³-hybridized carbons (Fsp3) is 0.367. The number of morpholine rings is 1. The van der Waals surface area contributed by atoms with Crippen LogP contribution in [0, 0.1) is 6.92 Å². The standard InChI is InChI=1S/C30H32N4O5S/c1-3-16-39-21-10-8-20(9-11-21)25-24(27(36)29(37)33(25)13-12-32-14-17-38-18-15-32)26(35)28-19(2)34-23-7-5-4-6-22(23)31-30(34)40-28/h4-11,25,36H,3,12-18H2,1-2H3. The number of amides is 1. The molecular weight excluding hydrogens is 528 g/mol. The van der Waals surface area contributed by atoms with Crippen molar-refractivity contribution in [2.45, 2.75) is 26.3 Å². The van der Waals surface area contributed by atoms with E-state index < -0.39 is 17.7 Å². The molecule has 1 amide bonds. The van der Waals surface area contributed by atoms with Gasteiger partial charge in [0, 0.05) is 31.9 Å². The zero-order valence-corrected chi connectivity index (χ0v) is 23.4. The summed E-state index contributed by atoms with van der Waals surface area (Å²) in [6, 6.07) is 14.5. The molecule has 4 heterocycles. The first-order chi connectivity index (χ1) is 19.5. The van der Waals surface area contributed by atoms with Crippen molar-refractivity contribution in [3.63, 3.8) is 0 Å². The van der Waals surface area contributed by atoms with Gasteiger partial charge in [0.2, 0.25) is 5.78 Å². The second-order valence-corrected chi connectivity index (χ2v) is 11.1. The van der Waals surface area contributed by atoms with Gasteiger partial charge in [-0.25, -0.2) is 4.98 Å². The van der Waals surface area contributed by atoms with Crippen molar-refractivity contribution in [3.8, 4) is 5.75 Å². The number of aryl methyl sites for hydroxylation is 1. The number of thiazole rings is 1. The highest BCUT2D eigenvalue weighted by molar-refractivity contribution is 7.19. The average Bonchev–Trinajstić information content (AvgIpc) is 3.59. The van der Waals surface area contributed by atoms with Crippen molar-refractivity contribution < 1.29 is 24.2 Å². The number of Topliss-reactive ketones (excluding diaryl/α,β-unsaturated/α-hetero) is 1. The minimum atomic E-state index is -0.716. The Morgan fingerprint density at radius 1 is 1.12 bits per heavy atom. The summed E-state index contributed by atoms with van der Waals surface area (Å²) in [5.74, 6) is -0.651. The molecular formula is C30H32N4O5S. The summed E-state index contributed by atoms with van der Waals surface area (Å²) in [7, 11) is 0. The molecule has 1 atom stereocenters. The van der Waals surface area contributed by atoms with E-state index >= 15 is 0 Å². The molecule has 0 radical (unpaired) electrons. The topological polar surface area (TPSA) is 96.6 Å². The molecule has 6 rings (SSSR count). The number of para-hydroxylation sites is 2. The van der Waals surface area contributed by atoms with E-state index in [9.17, 15) is 14.7 Å². The van der Waals surface area contributed by atoms with Crippen molar-refractivity contribution in [2.75, 3.05) is 46.0 Å². The van der Waals surface area contributed by atoms with Crippen LogP contribution in [0.1, 0.15) is 40.3 Å². The van der Waals surface area contributed by atoms with E-state index in [4.69, 9.17) is 14.5 Å². The summed E-state index contributed by atoms with van der Waals surface area (Å²) in [6.45, 7) is 8.38. The van der Waals surface area contributed by atoms with E-state index in [0.29, 0.717) is 42.7 Å². The van der Waals surface area contributed by atoms with Crippen molar-refractivity contribution in [1.29, 1.82) is 0 Å². The minimum absolute atomic E-state index is 0.103. The fourth-order valence-corrected chi connectivity index (χ4v) is 6.59. The van der Waals surface area contributed by atoms with Crippen molar-refractivity contribution in [2.24, 2.45) is 0 Å². The molecule has 0 spiro atoms. The van der Waals surface area contributed by atoms with Crippen LogP contribution in [0.15, 0.2) is 59.9 Å². The largest absolute Gasteiger partial charge is 0.503 e. The first kappa shape index (κ1) is 26.5. The number of aliphatic hydroxyl groups is 1. The van der Waals surface area contributed by atoms with Crippen LogP contribution in [-0.2, 0) is 9.53 Å². The van der Waals surface area contributed by atoms with E-state index in [1.165, 1.54) is 11.3 Å². The Morgan fingerprint density at radius 2 is 1.88 bits per heavy atom. The van der Waals surface area contributed by atoms with Gasteiger partial charge in [0.15, 0.2) is 10.7 Å². The number of rotatable bonds is 9. The van der Waals surface area contributed by atoms with E-state index in [2.05, 4.69) is 4.90 Å². The second kappa shape index (κ2) is 11.0.